The van der Waals surface area contributed by atoms with Gasteiger partial charge in [0.2, 0.25) is 0 Å². The van der Waals surface area contributed by atoms with Crippen LogP contribution in [0.15, 0.2) is 12.4 Å². The molecular weight excluding hydrogens is 258 g/mol. The van der Waals surface area contributed by atoms with Crippen molar-refractivity contribution in [2.45, 2.75) is 6.42 Å². The molecule has 0 saturated heterocycles. The van der Waals surface area contributed by atoms with Gasteiger partial charge < -0.3 is 0 Å². The zero-order valence-electron chi connectivity index (χ0n) is 5.51. The zero-order chi connectivity index (χ0) is 8.27. The fraction of sp³-hybridized carbons (Fsp3) is 0.143. The van der Waals surface area contributed by atoms with Gasteiger partial charge in [-0.25, -0.2) is 4.39 Å². The highest BCUT2D eigenvalue weighted by Crippen LogP contribution is 2.14. The first-order chi connectivity index (χ1) is 5.25. The van der Waals surface area contributed by atoms with Crippen LogP contribution in [0, 0.1) is 20.7 Å². The molecule has 0 unspecified atom stereocenters. The number of nitrogens with zero attached hydrogens (tertiary/aromatic N) is 2. The van der Waals surface area contributed by atoms with E-state index in [0.717, 1.165) is 6.20 Å². The van der Waals surface area contributed by atoms with Gasteiger partial charge in [0.15, 0.2) is 5.82 Å². The summed E-state index contributed by atoms with van der Waals surface area (Å²) < 4.78 is 13.2. The van der Waals surface area contributed by atoms with Gasteiger partial charge in [0.1, 0.15) is 0 Å². The number of nitriles is 1. The van der Waals surface area contributed by atoms with E-state index in [9.17, 15) is 4.39 Å². The maximum Gasteiger partial charge on any atom is 0.155 e. The minimum Gasteiger partial charge on any atom is -0.261 e. The van der Waals surface area contributed by atoms with E-state index in [4.69, 9.17) is 5.26 Å². The number of hydrogen-bond acceptors (Lipinski definition) is 2. The van der Waals surface area contributed by atoms with Crippen LogP contribution in [0.1, 0.15) is 5.56 Å². The molecule has 11 heavy (non-hydrogen) atoms. The molecule has 56 valence electrons. The van der Waals surface area contributed by atoms with Crippen molar-refractivity contribution in [1.29, 1.82) is 5.26 Å². The lowest BCUT2D eigenvalue weighted by molar-refractivity contribution is 0.611. The highest BCUT2D eigenvalue weighted by Gasteiger charge is 2.03. The first-order valence-corrected chi connectivity index (χ1v) is 3.98. The molecule has 2 nitrogen and oxygen atoms in total. The molecule has 1 aromatic rings. The second-order valence-electron chi connectivity index (χ2n) is 1.93. The fourth-order valence-electron chi connectivity index (χ4n) is 0.668. The summed E-state index contributed by atoms with van der Waals surface area (Å²) in [7, 11) is 0. The third kappa shape index (κ3) is 1.87. The van der Waals surface area contributed by atoms with Crippen molar-refractivity contribution in [3.05, 3.63) is 27.3 Å². The molecule has 0 aromatic carbocycles. The zero-order valence-corrected chi connectivity index (χ0v) is 7.67. The van der Waals surface area contributed by atoms with Gasteiger partial charge in [0, 0.05) is 11.8 Å². The van der Waals surface area contributed by atoms with E-state index in [1.807, 2.05) is 28.7 Å². The lowest BCUT2D eigenvalue weighted by Gasteiger charge is -1.97. The van der Waals surface area contributed by atoms with Crippen molar-refractivity contribution in [3.63, 3.8) is 0 Å². The van der Waals surface area contributed by atoms with Crippen LogP contribution in [0.5, 0.6) is 0 Å². The van der Waals surface area contributed by atoms with E-state index < -0.39 is 0 Å². The van der Waals surface area contributed by atoms with Gasteiger partial charge in [-0.2, -0.15) is 5.26 Å². The molecule has 0 bridgehead atoms. The van der Waals surface area contributed by atoms with Gasteiger partial charge in [0.25, 0.3) is 0 Å². The van der Waals surface area contributed by atoms with Crippen LogP contribution in [0.4, 0.5) is 4.39 Å². The molecular formula is C7H4FIN2. The largest absolute Gasteiger partial charge is 0.261 e. The number of hydrogen-bond donors (Lipinski definition) is 0. The average Bonchev–Trinajstić information content (AvgIpc) is 1.99. The van der Waals surface area contributed by atoms with E-state index in [0.29, 0.717) is 9.13 Å². The second kappa shape index (κ2) is 3.62. The van der Waals surface area contributed by atoms with Crippen molar-refractivity contribution >= 4 is 22.6 Å². The number of halogens is 2. The Morgan fingerprint density at radius 1 is 1.64 bits per heavy atom. The topological polar surface area (TPSA) is 36.7 Å². The van der Waals surface area contributed by atoms with Gasteiger partial charge in [0.05, 0.1) is 22.3 Å². The average molecular weight is 262 g/mol. The summed E-state index contributed by atoms with van der Waals surface area (Å²) in [6.07, 6.45) is 2.86. The van der Waals surface area contributed by atoms with Gasteiger partial charge in [-0.15, -0.1) is 0 Å². The molecule has 0 aliphatic carbocycles. The maximum atomic E-state index is 12.7. The van der Waals surface area contributed by atoms with Crippen LogP contribution in [0.25, 0.3) is 0 Å². The molecule has 0 N–H and O–H groups in total. The minimum atomic E-state index is -0.363. The second-order valence-corrected chi connectivity index (χ2v) is 3.01. The molecule has 0 fully saturated rings. The molecule has 1 rings (SSSR count). The molecule has 0 atom stereocenters. The van der Waals surface area contributed by atoms with Crippen LogP contribution in [-0.4, -0.2) is 4.98 Å². The van der Waals surface area contributed by atoms with Gasteiger partial charge in [-0.3, -0.25) is 4.98 Å². The third-order valence-electron chi connectivity index (χ3n) is 1.18. The molecule has 0 aliphatic heterocycles. The van der Waals surface area contributed by atoms with Gasteiger partial charge >= 0.3 is 0 Å². The van der Waals surface area contributed by atoms with Gasteiger partial charge in [-0.1, -0.05) is 0 Å². The maximum absolute atomic E-state index is 12.7. The molecule has 0 amide bonds. The monoisotopic (exact) mass is 262 g/mol. The lowest BCUT2D eigenvalue weighted by atomic mass is 10.2. The highest BCUT2D eigenvalue weighted by molar-refractivity contribution is 14.1. The molecule has 0 saturated carbocycles. The number of aromatic nitrogens is 1. The summed E-state index contributed by atoms with van der Waals surface area (Å²) in [6.45, 7) is 0. The van der Waals surface area contributed by atoms with E-state index in [1.54, 1.807) is 0 Å². The van der Waals surface area contributed by atoms with Crippen molar-refractivity contribution in [3.8, 4) is 6.07 Å². The quantitative estimate of drug-likeness (QED) is 0.724. The Morgan fingerprint density at radius 2 is 2.36 bits per heavy atom. The summed E-state index contributed by atoms with van der Waals surface area (Å²) in [6, 6.07) is 1.94. The van der Waals surface area contributed by atoms with Crippen molar-refractivity contribution in [1.82, 2.24) is 4.98 Å². The Bertz CT molecular complexity index is 306. The summed E-state index contributed by atoms with van der Waals surface area (Å²) >= 11 is 1.86. The van der Waals surface area contributed by atoms with Crippen LogP contribution < -0.4 is 0 Å². The Morgan fingerprint density at radius 3 is 3.00 bits per heavy atom. The summed E-state index contributed by atoms with van der Waals surface area (Å²) in [5.41, 5.74) is 0.646. The van der Waals surface area contributed by atoms with Crippen LogP contribution in [-0.2, 0) is 6.42 Å². The fourth-order valence-corrected chi connectivity index (χ4v) is 1.14. The Labute approximate surface area is 77.2 Å². The molecule has 0 radical (unpaired) electrons. The predicted molar refractivity (Wildman–Crippen MR) is 46.2 cm³/mol. The molecule has 4 heteroatoms. The smallest absolute Gasteiger partial charge is 0.155 e. The first-order valence-electron chi connectivity index (χ1n) is 2.90. The van der Waals surface area contributed by atoms with Crippen LogP contribution in [0.2, 0.25) is 0 Å². The Kier molecular flexibility index (Phi) is 2.76. The lowest BCUT2D eigenvalue weighted by Crippen LogP contribution is -1.92. The molecule has 1 aromatic heterocycles. The van der Waals surface area contributed by atoms with E-state index in [1.165, 1.54) is 6.20 Å². The van der Waals surface area contributed by atoms with E-state index in [2.05, 4.69) is 4.98 Å². The first kappa shape index (κ1) is 8.40. The van der Waals surface area contributed by atoms with Crippen molar-refractivity contribution in [2.75, 3.05) is 0 Å². The SMILES string of the molecule is N#CCc1cncc(F)c1I. The standard InChI is InChI=1S/C7H4FIN2/c8-6-4-11-3-5(1-2-10)7(6)9/h3-4H,1H2. The van der Waals surface area contributed by atoms with Crippen LogP contribution in [0.3, 0.4) is 0 Å². The Hall–Kier alpha value is -0.700. The normalized spacial score (nSPS) is 9.18. The van der Waals surface area contributed by atoms with Crippen molar-refractivity contribution < 1.29 is 4.39 Å². The predicted octanol–water partition coefficient (Wildman–Crippen LogP) is 1.89. The summed E-state index contributed by atoms with van der Waals surface area (Å²) in [5, 5.41) is 8.33. The molecule has 0 spiro atoms. The van der Waals surface area contributed by atoms with Crippen LogP contribution >= 0.6 is 22.6 Å². The summed E-state index contributed by atoms with van der Waals surface area (Å²) in [4.78, 5) is 3.63. The van der Waals surface area contributed by atoms with E-state index in [-0.39, 0.29) is 12.2 Å². The Balaban J connectivity index is 3.08. The minimum absolute atomic E-state index is 0.211. The van der Waals surface area contributed by atoms with Crippen molar-refractivity contribution in [2.24, 2.45) is 0 Å². The van der Waals surface area contributed by atoms with E-state index >= 15 is 0 Å². The molecule has 0 aliphatic rings. The number of pyridine rings is 1. The third-order valence-corrected chi connectivity index (χ3v) is 2.39. The van der Waals surface area contributed by atoms with Gasteiger partial charge in [-0.05, 0) is 22.6 Å². The highest BCUT2D eigenvalue weighted by atomic mass is 127. The molecule has 1 heterocycles. The number of rotatable bonds is 1. The summed E-state index contributed by atoms with van der Waals surface area (Å²) in [5.74, 6) is -0.363.